The second-order valence-electron chi connectivity index (χ2n) is 5.26. The third-order valence-electron chi connectivity index (χ3n) is 3.44. The molecule has 1 aromatic carbocycles. The smallest absolute Gasteiger partial charge is 0.330 e. The van der Waals surface area contributed by atoms with E-state index in [1.807, 2.05) is 36.6 Å². The van der Waals surface area contributed by atoms with Gasteiger partial charge in [-0.2, -0.15) is 0 Å². The van der Waals surface area contributed by atoms with Crippen molar-refractivity contribution in [3.8, 4) is 5.75 Å². The third kappa shape index (κ3) is 8.02. The minimum atomic E-state index is -0.349. The third-order valence-corrected chi connectivity index (χ3v) is 4.26. The summed E-state index contributed by atoms with van der Waals surface area (Å²) >= 11 is 1.50. The van der Waals surface area contributed by atoms with E-state index in [1.165, 1.54) is 24.9 Å². The fourth-order valence-electron chi connectivity index (χ4n) is 1.93. The molecule has 1 unspecified atom stereocenters. The fourth-order valence-corrected chi connectivity index (χ4v) is 2.58. The molecule has 1 rings (SSSR count). The first kappa shape index (κ1) is 20.0. The van der Waals surface area contributed by atoms with Gasteiger partial charge in [0.05, 0.1) is 14.2 Å². The van der Waals surface area contributed by atoms with Gasteiger partial charge in [-0.1, -0.05) is 24.8 Å². The first-order chi connectivity index (χ1) is 11.6. The van der Waals surface area contributed by atoms with E-state index in [9.17, 15) is 9.59 Å². The molecule has 0 amide bonds. The van der Waals surface area contributed by atoms with Gasteiger partial charge in [-0.05, 0) is 55.0 Å². The number of hydrogen-bond acceptors (Lipinski definition) is 5. The fraction of sp³-hybridized carbons (Fsp3) is 0.368. The first-order valence-corrected chi connectivity index (χ1v) is 8.70. The van der Waals surface area contributed by atoms with E-state index in [2.05, 4.69) is 4.74 Å². The Balaban J connectivity index is 2.29. The molecule has 1 aromatic rings. The van der Waals surface area contributed by atoms with Crippen molar-refractivity contribution in [1.82, 2.24) is 0 Å². The molecule has 130 valence electrons. The maximum atomic E-state index is 12.0. The molecule has 24 heavy (non-hydrogen) atoms. The first-order valence-electron chi connectivity index (χ1n) is 7.82. The molecule has 4 nitrogen and oxygen atoms in total. The Labute approximate surface area is 147 Å². The van der Waals surface area contributed by atoms with Crippen molar-refractivity contribution in [3.05, 3.63) is 47.9 Å². The van der Waals surface area contributed by atoms with Crippen molar-refractivity contribution in [1.29, 1.82) is 0 Å². The Morgan fingerprint density at radius 3 is 2.50 bits per heavy atom. The number of carbonyl (C=O) groups excluding carboxylic acids is 2. The van der Waals surface area contributed by atoms with E-state index in [0.29, 0.717) is 0 Å². The van der Waals surface area contributed by atoms with Gasteiger partial charge in [-0.3, -0.25) is 4.79 Å². The number of hydrogen-bond donors (Lipinski definition) is 0. The molecule has 1 atom stereocenters. The Kier molecular flexibility index (Phi) is 9.61. The minimum Gasteiger partial charge on any atom is -0.497 e. The predicted molar refractivity (Wildman–Crippen MR) is 97.2 cm³/mol. The van der Waals surface area contributed by atoms with Gasteiger partial charge in [0.2, 0.25) is 0 Å². The summed E-state index contributed by atoms with van der Waals surface area (Å²) in [6.07, 6.45) is 7.24. The van der Waals surface area contributed by atoms with Gasteiger partial charge in [0.15, 0.2) is 5.78 Å². The molecule has 0 aliphatic rings. The quantitative estimate of drug-likeness (QED) is 0.271. The number of ether oxygens (including phenoxy) is 2. The summed E-state index contributed by atoms with van der Waals surface area (Å²) in [5, 5.41) is 1.82. The number of ketones is 1. The Hall–Kier alpha value is -2.01. The number of benzene rings is 1. The summed E-state index contributed by atoms with van der Waals surface area (Å²) < 4.78 is 9.62. The minimum absolute atomic E-state index is 0.0238. The van der Waals surface area contributed by atoms with Crippen molar-refractivity contribution in [3.63, 3.8) is 0 Å². The summed E-state index contributed by atoms with van der Waals surface area (Å²) in [5.41, 5.74) is 0. The highest BCUT2D eigenvalue weighted by atomic mass is 32.2. The standard InChI is InChI=1S/C19H24O4S/c1-15(7-5-4-6-8-19(21)23-3)18(20)13-14-24-17-11-9-16(22-2)10-12-17/h6,8-15H,4-5,7H2,1-3H3/b8-6+,14-13+. The van der Waals surface area contributed by atoms with Gasteiger partial charge in [-0.15, -0.1) is 0 Å². The van der Waals surface area contributed by atoms with Crippen LogP contribution in [0.1, 0.15) is 26.2 Å². The van der Waals surface area contributed by atoms with Crippen molar-refractivity contribution < 1.29 is 19.1 Å². The number of allylic oxidation sites excluding steroid dienone is 2. The van der Waals surface area contributed by atoms with Crippen LogP contribution in [-0.4, -0.2) is 26.0 Å². The largest absolute Gasteiger partial charge is 0.497 e. The number of methoxy groups -OCH3 is 2. The molecular weight excluding hydrogens is 324 g/mol. The SMILES string of the molecule is COC(=O)/C=C/CCCC(C)C(=O)/C=C/Sc1ccc(OC)cc1. The number of rotatable bonds is 10. The van der Waals surface area contributed by atoms with Gasteiger partial charge < -0.3 is 9.47 Å². The summed E-state index contributed by atoms with van der Waals surface area (Å²) in [7, 11) is 2.98. The molecule has 0 fully saturated rings. The highest BCUT2D eigenvalue weighted by molar-refractivity contribution is 8.02. The second-order valence-corrected chi connectivity index (χ2v) is 6.24. The molecule has 0 heterocycles. The summed E-state index contributed by atoms with van der Waals surface area (Å²) in [6.45, 7) is 1.93. The zero-order valence-electron chi connectivity index (χ0n) is 14.4. The van der Waals surface area contributed by atoms with Crippen LogP contribution in [-0.2, 0) is 14.3 Å². The maximum absolute atomic E-state index is 12.0. The Morgan fingerprint density at radius 2 is 1.88 bits per heavy atom. The van der Waals surface area contributed by atoms with E-state index in [1.54, 1.807) is 19.3 Å². The lowest BCUT2D eigenvalue weighted by atomic mass is 9.99. The molecular formula is C19H24O4S. The molecule has 0 aliphatic carbocycles. The molecule has 0 aromatic heterocycles. The topological polar surface area (TPSA) is 52.6 Å². The van der Waals surface area contributed by atoms with E-state index < -0.39 is 0 Å². The Bertz CT molecular complexity index is 576. The highest BCUT2D eigenvalue weighted by Crippen LogP contribution is 2.22. The molecule has 0 saturated carbocycles. The van der Waals surface area contributed by atoms with Crippen LogP contribution in [0.25, 0.3) is 0 Å². The van der Waals surface area contributed by atoms with Crippen LogP contribution >= 0.6 is 11.8 Å². The molecule has 5 heteroatoms. The van der Waals surface area contributed by atoms with Crippen LogP contribution in [0.2, 0.25) is 0 Å². The average Bonchev–Trinajstić information content (AvgIpc) is 2.61. The van der Waals surface area contributed by atoms with Crippen molar-refractivity contribution in [2.75, 3.05) is 14.2 Å². The molecule has 0 radical (unpaired) electrons. The van der Waals surface area contributed by atoms with Gasteiger partial charge in [-0.25, -0.2) is 4.79 Å². The number of unbranched alkanes of at least 4 members (excludes halogenated alkanes) is 1. The van der Waals surface area contributed by atoms with Crippen molar-refractivity contribution in [2.45, 2.75) is 31.1 Å². The highest BCUT2D eigenvalue weighted by Gasteiger charge is 2.08. The molecule has 0 aliphatic heterocycles. The van der Waals surface area contributed by atoms with E-state index in [4.69, 9.17) is 4.74 Å². The van der Waals surface area contributed by atoms with Crippen LogP contribution in [0, 0.1) is 5.92 Å². The summed E-state index contributed by atoms with van der Waals surface area (Å²) in [6, 6.07) is 7.69. The van der Waals surface area contributed by atoms with Gasteiger partial charge >= 0.3 is 5.97 Å². The van der Waals surface area contributed by atoms with E-state index >= 15 is 0 Å². The zero-order chi connectivity index (χ0) is 17.8. The monoisotopic (exact) mass is 348 g/mol. The van der Waals surface area contributed by atoms with Crippen molar-refractivity contribution in [2.24, 2.45) is 5.92 Å². The average molecular weight is 348 g/mol. The van der Waals surface area contributed by atoms with Crippen LogP contribution in [0.3, 0.4) is 0 Å². The summed E-state index contributed by atoms with van der Waals surface area (Å²) in [4.78, 5) is 24.0. The van der Waals surface area contributed by atoms with E-state index in [-0.39, 0.29) is 17.7 Å². The molecule has 0 N–H and O–H groups in total. The normalized spacial score (nSPS) is 12.5. The lowest BCUT2D eigenvalue weighted by Gasteiger charge is -2.06. The molecule has 0 bridgehead atoms. The lowest BCUT2D eigenvalue weighted by Crippen LogP contribution is -2.07. The van der Waals surface area contributed by atoms with Gasteiger partial charge in [0.1, 0.15) is 5.75 Å². The number of carbonyl (C=O) groups is 2. The predicted octanol–water partition coefficient (Wildman–Crippen LogP) is 4.41. The number of thioether (sulfide) groups is 1. The Morgan fingerprint density at radius 1 is 1.17 bits per heavy atom. The number of esters is 1. The molecule has 0 spiro atoms. The van der Waals surface area contributed by atoms with Crippen LogP contribution in [0.4, 0.5) is 0 Å². The summed E-state index contributed by atoms with van der Waals surface area (Å²) in [5.74, 6) is 0.559. The van der Waals surface area contributed by atoms with Crippen LogP contribution in [0.5, 0.6) is 5.75 Å². The van der Waals surface area contributed by atoms with Gasteiger partial charge in [0.25, 0.3) is 0 Å². The second kappa shape index (κ2) is 11.5. The molecule has 0 saturated heterocycles. The van der Waals surface area contributed by atoms with E-state index in [0.717, 1.165) is 29.9 Å². The van der Waals surface area contributed by atoms with Crippen LogP contribution < -0.4 is 4.74 Å². The van der Waals surface area contributed by atoms with Crippen molar-refractivity contribution >= 4 is 23.5 Å². The van der Waals surface area contributed by atoms with Crippen LogP contribution in [0.15, 0.2) is 52.8 Å². The zero-order valence-corrected chi connectivity index (χ0v) is 15.2. The van der Waals surface area contributed by atoms with Gasteiger partial charge in [0, 0.05) is 16.9 Å². The maximum Gasteiger partial charge on any atom is 0.330 e. The lowest BCUT2D eigenvalue weighted by molar-refractivity contribution is -0.134.